The van der Waals surface area contributed by atoms with Gasteiger partial charge in [0.15, 0.2) is 17.3 Å². The maximum Gasteiger partial charge on any atom is 0.340 e. The lowest BCUT2D eigenvalue weighted by Gasteiger charge is -2.31. The molecule has 2 atom stereocenters. The number of aliphatic hydroxyl groups is 1. The summed E-state index contributed by atoms with van der Waals surface area (Å²) < 4.78 is 17.0. The molecular weight excluding hydrogens is 993 g/mol. The van der Waals surface area contributed by atoms with Gasteiger partial charge >= 0.3 is 17.9 Å². The number of hydrogen-bond acceptors (Lipinski definition) is 8. The molecule has 474 valence electrons. The van der Waals surface area contributed by atoms with Crippen molar-refractivity contribution in [1.29, 1.82) is 0 Å². The minimum Gasteiger partial charge on any atom is -0.466 e. The van der Waals surface area contributed by atoms with Crippen molar-refractivity contribution in [3.05, 3.63) is 0 Å². The maximum atomic E-state index is 14.0. The molecule has 0 saturated heterocycles. The Bertz CT molecular complexity index is 1320. The zero-order valence-electron chi connectivity index (χ0n) is 54.2. The number of unbranched alkanes of at least 4 members (excludes halogenated alkanes) is 53. The molecule has 0 aromatic rings. The molecule has 0 aliphatic rings. The van der Waals surface area contributed by atoms with E-state index in [1.54, 1.807) is 0 Å². The Morgan fingerprint density at radius 3 is 0.762 bits per heavy atom. The average molecular weight is 1130 g/mol. The monoisotopic (exact) mass is 1130 g/mol. The summed E-state index contributed by atoms with van der Waals surface area (Å²) in [5.74, 6) is -5.34. The molecule has 0 aromatic heterocycles. The van der Waals surface area contributed by atoms with Crippen LogP contribution in [0.4, 0.5) is 0 Å². The Balaban J connectivity index is 5.05. The van der Waals surface area contributed by atoms with Crippen molar-refractivity contribution in [1.82, 2.24) is 0 Å². The smallest absolute Gasteiger partial charge is 0.340 e. The van der Waals surface area contributed by atoms with Crippen molar-refractivity contribution in [3.63, 3.8) is 0 Å². The van der Waals surface area contributed by atoms with Crippen LogP contribution in [0.5, 0.6) is 0 Å². The molecule has 0 rings (SSSR count). The van der Waals surface area contributed by atoms with Gasteiger partial charge in [-0.15, -0.1) is 0 Å². The Kier molecular flexibility index (Phi) is 61.5. The molecule has 0 aliphatic heterocycles. The van der Waals surface area contributed by atoms with Gasteiger partial charge in [-0.05, 0) is 25.7 Å². The fourth-order valence-corrected chi connectivity index (χ4v) is 11.6. The predicted molar refractivity (Wildman–Crippen MR) is 341 cm³/mol. The Morgan fingerprint density at radius 2 is 0.500 bits per heavy atom. The van der Waals surface area contributed by atoms with E-state index in [9.17, 15) is 24.3 Å². The number of ketones is 1. The van der Waals surface area contributed by atoms with Crippen LogP contribution < -0.4 is 0 Å². The molecular formula is C72H138O8. The van der Waals surface area contributed by atoms with Crippen LogP contribution in [0.3, 0.4) is 0 Å². The summed E-state index contributed by atoms with van der Waals surface area (Å²) in [5, 5.41) is 12.3. The van der Waals surface area contributed by atoms with Gasteiger partial charge in [0.05, 0.1) is 26.2 Å². The minimum atomic E-state index is -2.71. The number of ether oxygens (including phenoxy) is 3. The first-order valence-corrected chi connectivity index (χ1v) is 36.0. The zero-order valence-corrected chi connectivity index (χ0v) is 54.2. The van der Waals surface area contributed by atoms with Crippen LogP contribution in [-0.2, 0) is 33.4 Å². The summed E-state index contributed by atoms with van der Waals surface area (Å²) in [4.78, 5) is 55.4. The highest BCUT2D eigenvalue weighted by Gasteiger charge is 2.55. The van der Waals surface area contributed by atoms with E-state index < -0.39 is 41.6 Å². The number of Topliss-reactive ketones (excluding diaryl/α,β-unsaturated/α-hetero) is 1. The molecule has 8 heteroatoms. The minimum absolute atomic E-state index is 0.00397. The SMILES string of the molecule is CCCCCCCCCCCCCCCCCCCCOC(=O)CC(O)(C(=O)OCCCCCCCCCCCCCCCCCCCC)C(C(=O)CCCCC)C(=O)OCCCCCCCCCCCCCCCCCCCC. The van der Waals surface area contributed by atoms with Crippen LogP contribution in [0.1, 0.15) is 407 Å². The molecule has 0 spiro atoms. The van der Waals surface area contributed by atoms with Gasteiger partial charge in [0.1, 0.15) is 0 Å². The fraction of sp³-hybridized carbons (Fsp3) is 0.944. The molecule has 1 N–H and O–H groups in total. The van der Waals surface area contributed by atoms with Gasteiger partial charge in [-0.1, -0.05) is 368 Å². The van der Waals surface area contributed by atoms with Crippen molar-refractivity contribution in [2.75, 3.05) is 19.8 Å². The Labute approximate surface area is 497 Å². The second-order valence-electron chi connectivity index (χ2n) is 25.0. The van der Waals surface area contributed by atoms with E-state index in [4.69, 9.17) is 14.2 Å². The first-order valence-electron chi connectivity index (χ1n) is 36.0. The number of carbonyl (C=O) groups excluding carboxylic acids is 4. The molecule has 0 aliphatic carbocycles. The van der Waals surface area contributed by atoms with Crippen molar-refractivity contribution in [3.8, 4) is 0 Å². The summed E-state index contributed by atoms with van der Waals surface area (Å²) in [7, 11) is 0. The summed E-state index contributed by atoms with van der Waals surface area (Å²) >= 11 is 0. The third-order valence-electron chi connectivity index (χ3n) is 17.1. The normalized spacial score (nSPS) is 12.7. The number of carbonyl (C=O) groups is 4. The third-order valence-corrected chi connectivity index (χ3v) is 17.1. The van der Waals surface area contributed by atoms with E-state index in [0.29, 0.717) is 25.7 Å². The first kappa shape index (κ1) is 78.0. The largest absolute Gasteiger partial charge is 0.466 e. The molecule has 2 unspecified atom stereocenters. The highest BCUT2D eigenvalue weighted by molar-refractivity contribution is 6.06. The standard InChI is InChI=1S/C72H138O8/c1-5-9-13-16-19-22-25-28-31-34-37-40-43-46-49-52-55-59-63-78-68(74)66-72(77,71(76)80-65-61-57-54-51-48-45-42-39-36-33-30-27-24-21-18-15-11-7-3)69(67(73)62-58-12-8-4)70(75)79-64-60-56-53-50-47-44-41-38-35-32-29-26-23-20-17-14-10-6-2/h69,77H,5-66H2,1-4H3. The van der Waals surface area contributed by atoms with Gasteiger partial charge < -0.3 is 19.3 Å². The molecule has 0 fully saturated rings. The fourth-order valence-electron chi connectivity index (χ4n) is 11.6. The van der Waals surface area contributed by atoms with Crippen molar-refractivity contribution < 1.29 is 38.5 Å². The summed E-state index contributed by atoms with van der Waals surface area (Å²) in [5.41, 5.74) is -2.71. The summed E-state index contributed by atoms with van der Waals surface area (Å²) in [6.07, 6.45) is 69.0. The van der Waals surface area contributed by atoms with Crippen LogP contribution in [0, 0.1) is 5.92 Å². The zero-order chi connectivity index (χ0) is 58.3. The van der Waals surface area contributed by atoms with E-state index in [1.165, 1.54) is 270 Å². The van der Waals surface area contributed by atoms with Gasteiger partial charge in [-0.3, -0.25) is 14.4 Å². The molecule has 80 heavy (non-hydrogen) atoms. The second kappa shape index (κ2) is 63.1. The van der Waals surface area contributed by atoms with Gasteiger partial charge in [-0.2, -0.15) is 0 Å². The average Bonchev–Trinajstić information content (AvgIpc) is 3.50. The number of hydrogen-bond donors (Lipinski definition) is 1. The molecule has 0 saturated carbocycles. The molecule has 0 bridgehead atoms. The maximum absolute atomic E-state index is 14.0. The van der Waals surface area contributed by atoms with E-state index in [0.717, 1.165) is 70.6 Å². The predicted octanol–water partition coefficient (Wildman–Crippen LogP) is 22.6. The van der Waals surface area contributed by atoms with Gasteiger partial charge in [-0.25, -0.2) is 4.79 Å². The molecule has 0 aromatic carbocycles. The molecule has 8 nitrogen and oxygen atoms in total. The lowest BCUT2D eigenvalue weighted by molar-refractivity contribution is -0.188. The number of rotatable bonds is 67. The quantitative estimate of drug-likeness (QED) is 0.0277. The number of esters is 3. The molecule has 0 radical (unpaired) electrons. The summed E-state index contributed by atoms with van der Waals surface area (Å²) in [6, 6.07) is 0. The second-order valence-corrected chi connectivity index (χ2v) is 25.0. The van der Waals surface area contributed by atoms with Crippen LogP contribution in [-0.4, -0.2) is 54.2 Å². The highest BCUT2D eigenvalue weighted by Crippen LogP contribution is 2.30. The van der Waals surface area contributed by atoms with E-state index in [-0.39, 0.29) is 26.2 Å². The Hall–Kier alpha value is -1.96. The van der Waals surface area contributed by atoms with E-state index in [1.807, 2.05) is 6.92 Å². The van der Waals surface area contributed by atoms with Gasteiger partial charge in [0.25, 0.3) is 0 Å². The lowest BCUT2D eigenvalue weighted by atomic mass is 9.80. The third kappa shape index (κ3) is 51.7. The van der Waals surface area contributed by atoms with Crippen LogP contribution >= 0.6 is 0 Å². The Morgan fingerprint density at radius 1 is 0.287 bits per heavy atom. The van der Waals surface area contributed by atoms with Gasteiger partial charge in [0, 0.05) is 6.42 Å². The van der Waals surface area contributed by atoms with E-state index in [2.05, 4.69) is 20.8 Å². The van der Waals surface area contributed by atoms with Crippen molar-refractivity contribution in [2.24, 2.45) is 5.92 Å². The van der Waals surface area contributed by atoms with Gasteiger partial charge in [0.2, 0.25) is 0 Å². The first-order chi connectivity index (χ1) is 39.3. The van der Waals surface area contributed by atoms with Crippen molar-refractivity contribution >= 4 is 23.7 Å². The highest BCUT2D eigenvalue weighted by atomic mass is 16.6. The topological polar surface area (TPSA) is 116 Å². The van der Waals surface area contributed by atoms with Crippen LogP contribution in [0.25, 0.3) is 0 Å². The van der Waals surface area contributed by atoms with Crippen LogP contribution in [0.15, 0.2) is 0 Å². The van der Waals surface area contributed by atoms with Crippen molar-refractivity contribution in [2.45, 2.75) is 412 Å². The lowest BCUT2D eigenvalue weighted by Crippen LogP contribution is -2.55. The summed E-state index contributed by atoms with van der Waals surface area (Å²) in [6.45, 7) is 9.14. The molecule has 0 amide bonds. The van der Waals surface area contributed by atoms with Crippen LogP contribution in [0.2, 0.25) is 0 Å². The molecule has 0 heterocycles. The van der Waals surface area contributed by atoms with E-state index >= 15 is 0 Å².